The minimum atomic E-state index is -3.15. The Morgan fingerprint density at radius 3 is 2.36 bits per heavy atom. The Morgan fingerprint density at radius 1 is 1.16 bits per heavy atom. The van der Waals surface area contributed by atoms with E-state index in [1.165, 1.54) is 5.56 Å². The van der Waals surface area contributed by atoms with Crippen LogP contribution >= 0.6 is 0 Å². The van der Waals surface area contributed by atoms with Gasteiger partial charge in [0.25, 0.3) is 0 Å². The van der Waals surface area contributed by atoms with Crippen LogP contribution in [0.5, 0.6) is 5.75 Å². The fourth-order valence-electron chi connectivity index (χ4n) is 2.22. The van der Waals surface area contributed by atoms with E-state index in [0.717, 1.165) is 18.7 Å². The van der Waals surface area contributed by atoms with Crippen LogP contribution in [0.3, 0.4) is 0 Å². The van der Waals surface area contributed by atoms with Crippen molar-refractivity contribution in [2.24, 2.45) is 4.99 Å². The smallest absolute Gasteiger partial charge is 0.211 e. The second kappa shape index (κ2) is 10.9. The van der Waals surface area contributed by atoms with Crippen LogP contribution in [0.15, 0.2) is 29.3 Å². The minimum absolute atomic E-state index is 0.0865. The normalized spacial score (nSPS) is 13.4. The van der Waals surface area contributed by atoms with Gasteiger partial charge in [0, 0.05) is 26.7 Å². The molecule has 7 nitrogen and oxygen atoms in total. The first-order valence-electron chi connectivity index (χ1n) is 8.47. The van der Waals surface area contributed by atoms with E-state index >= 15 is 0 Å². The summed E-state index contributed by atoms with van der Waals surface area (Å²) in [6.45, 7) is 5.37. The summed E-state index contributed by atoms with van der Waals surface area (Å²) in [5, 5.41) is 6.33. The zero-order chi connectivity index (χ0) is 18.7. The predicted octanol–water partition coefficient (Wildman–Crippen LogP) is 1.29. The maximum absolute atomic E-state index is 11.3. The molecule has 1 rings (SSSR count). The largest absolute Gasteiger partial charge is 0.497 e. The van der Waals surface area contributed by atoms with Crippen LogP contribution in [-0.2, 0) is 10.0 Å². The minimum Gasteiger partial charge on any atom is -0.497 e. The van der Waals surface area contributed by atoms with E-state index in [4.69, 9.17) is 4.74 Å². The van der Waals surface area contributed by atoms with E-state index in [9.17, 15) is 8.42 Å². The van der Waals surface area contributed by atoms with E-state index < -0.39 is 10.0 Å². The molecule has 0 aliphatic carbocycles. The average molecular weight is 371 g/mol. The lowest BCUT2D eigenvalue weighted by Gasteiger charge is -2.15. The number of hydrogen-bond acceptors (Lipinski definition) is 4. The molecule has 0 radical (unpaired) electrons. The molecular weight excluding hydrogens is 340 g/mol. The first-order valence-corrected chi connectivity index (χ1v) is 10.1. The van der Waals surface area contributed by atoms with E-state index in [1.807, 2.05) is 12.1 Å². The third-order valence-electron chi connectivity index (χ3n) is 3.90. The van der Waals surface area contributed by atoms with Crippen LogP contribution in [0.4, 0.5) is 0 Å². The van der Waals surface area contributed by atoms with Crippen molar-refractivity contribution in [1.82, 2.24) is 15.4 Å². The average Bonchev–Trinajstić information content (AvgIpc) is 2.63. The molecule has 8 heteroatoms. The SMILES string of the molecule is CCS(=O)(=O)NCCNC(=NC)NCCC(C)c1ccc(OC)cc1. The number of rotatable bonds is 10. The van der Waals surface area contributed by atoms with Crippen LogP contribution < -0.4 is 20.1 Å². The Balaban J connectivity index is 2.30. The molecule has 0 aliphatic heterocycles. The van der Waals surface area contributed by atoms with Crippen molar-refractivity contribution >= 4 is 16.0 Å². The van der Waals surface area contributed by atoms with Gasteiger partial charge in [0.15, 0.2) is 5.96 Å². The summed E-state index contributed by atoms with van der Waals surface area (Å²) in [4.78, 5) is 4.14. The summed E-state index contributed by atoms with van der Waals surface area (Å²) in [5.41, 5.74) is 1.26. The number of aliphatic imine (C=N–C) groups is 1. The summed E-state index contributed by atoms with van der Waals surface area (Å²) < 4.78 is 30.4. The molecule has 0 aromatic heterocycles. The quantitative estimate of drug-likeness (QED) is 0.328. The van der Waals surface area contributed by atoms with Gasteiger partial charge in [-0.25, -0.2) is 13.1 Å². The third kappa shape index (κ3) is 8.22. The summed E-state index contributed by atoms with van der Waals surface area (Å²) in [7, 11) is 0.207. The van der Waals surface area contributed by atoms with E-state index in [-0.39, 0.29) is 5.75 Å². The summed E-state index contributed by atoms with van der Waals surface area (Å²) in [6, 6.07) is 8.10. The molecule has 1 aromatic rings. The highest BCUT2D eigenvalue weighted by Gasteiger charge is 2.07. The first-order chi connectivity index (χ1) is 11.9. The summed E-state index contributed by atoms with van der Waals surface area (Å²) in [6.07, 6.45) is 0.954. The molecule has 0 spiro atoms. The molecule has 1 atom stereocenters. The van der Waals surface area contributed by atoms with E-state index in [2.05, 4.69) is 39.4 Å². The van der Waals surface area contributed by atoms with Crippen LogP contribution in [-0.4, -0.2) is 53.9 Å². The Hall–Kier alpha value is -1.80. The van der Waals surface area contributed by atoms with Crippen molar-refractivity contribution in [2.45, 2.75) is 26.2 Å². The molecule has 0 amide bonds. The molecule has 3 N–H and O–H groups in total. The molecular formula is C17H30N4O3S. The van der Waals surface area contributed by atoms with Crippen molar-refractivity contribution in [3.8, 4) is 5.75 Å². The van der Waals surface area contributed by atoms with Gasteiger partial charge in [0.1, 0.15) is 5.75 Å². The Labute approximate surface area is 151 Å². The Kier molecular flexibility index (Phi) is 9.30. The van der Waals surface area contributed by atoms with E-state index in [0.29, 0.717) is 25.0 Å². The van der Waals surface area contributed by atoms with Crippen LogP contribution in [0.1, 0.15) is 31.7 Å². The van der Waals surface area contributed by atoms with Crippen molar-refractivity contribution in [3.63, 3.8) is 0 Å². The molecule has 0 aliphatic rings. The van der Waals surface area contributed by atoms with Gasteiger partial charge >= 0.3 is 0 Å². The van der Waals surface area contributed by atoms with Crippen LogP contribution in [0.2, 0.25) is 0 Å². The standard InChI is InChI=1S/C17H30N4O3S/c1-5-25(22,23)21-13-12-20-17(18-3)19-11-10-14(2)15-6-8-16(24-4)9-7-15/h6-9,14,21H,5,10-13H2,1-4H3,(H2,18,19,20). The Bertz CT molecular complexity index is 630. The van der Waals surface area contributed by atoms with Gasteiger partial charge < -0.3 is 15.4 Å². The first kappa shape index (κ1) is 21.2. The highest BCUT2D eigenvalue weighted by molar-refractivity contribution is 7.89. The lowest BCUT2D eigenvalue weighted by Crippen LogP contribution is -2.42. The molecule has 1 unspecified atom stereocenters. The molecule has 0 saturated heterocycles. The molecule has 25 heavy (non-hydrogen) atoms. The highest BCUT2D eigenvalue weighted by atomic mass is 32.2. The number of nitrogens with zero attached hydrogens (tertiary/aromatic N) is 1. The lowest BCUT2D eigenvalue weighted by atomic mass is 9.98. The maximum atomic E-state index is 11.3. The highest BCUT2D eigenvalue weighted by Crippen LogP contribution is 2.21. The molecule has 0 bridgehead atoms. The monoisotopic (exact) mass is 370 g/mol. The molecule has 142 valence electrons. The number of hydrogen-bond donors (Lipinski definition) is 3. The second-order valence-electron chi connectivity index (χ2n) is 5.69. The van der Waals surface area contributed by atoms with Crippen molar-refractivity contribution in [2.75, 3.05) is 39.5 Å². The molecule has 1 aromatic carbocycles. The van der Waals surface area contributed by atoms with Gasteiger partial charge in [-0.15, -0.1) is 0 Å². The Morgan fingerprint density at radius 2 is 1.80 bits per heavy atom. The molecule has 0 heterocycles. The van der Waals surface area contributed by atoms with Crippen molar-refractivity contribution in [1.29, 1.82) is 0 Å². The van der Waals surface area contributed by atoms with Crippen LogP contribution in [0.25, 0.3) is 0 Å². The van der Waals surface area contributed by atoms with Gasteiger partial charge in [-0.05, 0) is 37.0 Å². The summed E-state index contributed by atoms with van der Waals surface area (Å²) >= 11 is 0. The zero-order valence-electron chi connectivity index (χ0n) is 15.5. The van der Waals surface area contributed by atoms with Gasteiger partial charge in [-0.3, -0.25) is 4.99 Å². The van der Waals surface area contributed by atoms with Gasteiger partial charge in [0.05, 0.1) is 12.9 Å². The lowest BCUT2D eigenvalue weighted by molar-refractivity contribution is 0.414. The van der Waals surface area contributed by atoms with E-state index in [1.54, 1.807) is 21.1 Å². The van der Waals surface area contributed by atoms with Crippen molar-refractivity contribution < 1.29 is 13.2 Å². The topological polar surface area (TPSA) is 91.8 Å². The number of nitrogens with one attached hydrogen (secondary N) is 3. The number of ether oxygens (including phenoxy) is 1. The summed E-state index contributed by atoms with van der Waals surface area (Å²) in [5.74, 6) is 2.02. The zero-order valence-corrected chi connectivity index (χ0v) is 16.3. The fraction of sp³-hybridized carbons (Fsp3) is 0.588. The number of sulfonamides is 1. The second-order valence-corrected chi connectivity index (χ2v) is 7.78. The van der Waals surface area contributed by atoms with Gasteiger partial charge in [0.2, 0.25) is 10.0 Å². The van der Waals surface area contributed by atoms with Gasteiger partial charge in [-0.2, -0.15) is 0 Å². The van der Waals surface area contributed by atoms with Gasteiger partial charge in [-0.1, -0.05) is 19.1 Å². The van der Waals surface area contributed by atoms with Crippen LogP contribution in [0, 0.1) is 0 Å². The molecule has 0 fully saturated rings. The number of benzene rings is 1. The maximum Gasteiger partial charge on any atom is 0.211 e. The fourth-order valence-corrected chi connectivity index (χ4v) is 2.83. The molecule has 0 saturated carbocycles. The number of methoxy groups -OCH3 is 1. The van der Waals surface area contributed by atoms with Crippen molar-refractivity contribution in [3.05, 3.63) is 29.8 Å². The number of guanidine groups is 1. The third-order valence-corrected chi connectivity index (χ3v) is 5.30. The predicted molar refractivity (Wildman–Crippen MR) is 103 cm³/mol.